The molecule has 1 aliphatic heterocycles. The largest absolute Gasteiger partial charge is 0.367 e. The van der Waals surface area contributed by atoms with Gasteiger partial charge in [0.1, 0.15) is 11.9 Å². The minimum Gasteiger partial charge on any atom is -0.367 e. The number of piperazine rings is 1. The number of benzene rings is 1. The maximum absolute atomic E-state index is 8.81. The zero-order valence-corrected chi connectivity index (χ0v) is 13.3. The number of halogens is 2. The van der Waals surface area contributed by atoms with E-state index in [4.69, 9.17) is 28.5 Å². The zero-order chi connectivity index (χ0) is 15.5. The summed E-state index contributed by atoms with van der Waals surface area (Å²) in [6, 6.07) is 11.5. The minimum atomic E-state index is 0.577. The highest BCUT2D eigenvalue weighted by atomic mass is 35.5. The van der Waals surface area contributed by atoms with E-state index in [0.717, 1.165) is 37.7 Å². The van der Waals surface area contributed by atoms with Crippen molar-refractivity contribution in [1.82, 2.24) is 4.98 Å². The van der Waals surface area contributed by atoms with E-state index in [1.165, 1.54) is 0 Å². The van der Waals surface area contributed by atoms with Gasteiger partial charge < -0.3 is 9.80 Å². The molecule has 2 heterocycles. The van der Waals surface area contributed by atoms with Gasteiger partial charge in [0.25, 0.3) is 0 Å². The van der Waals surface area contributed by atoms with Gasteiger partial charge in [0, 0.05) is 32.4 Å². The second-order valence-electron chi connectivity index (χ2n) is 5.06. The van der Waals surface area contributed by atoms with Crippen LogP contribution < -0.4 is 9.80 Å². The van der Waals surface area contributed by atoms with Gasteiger partial charge in [-0.15, -0.1) is 0 Å². The molecular weight excluding hydrogens is 319 g/mol. The van der Waals surface area contributed by atoms with Gasteiger partial charge >= 0.3 is 0 Å². The van der Waals surface area contributed by atoms with Crippen LogP contribution in [0.1, 0.15) is 5.56 Å². The second-order valence-corrected chi connectivity index (χ2v) is 5.85. The Kier molecular flexibility index (Phi) is 4.37. The second kappa shape index (κ2) is 6.43. The first-order valence-electron chi connectivity index (χ1n) is 6.99. The molecular formula is C16H14Cl2N4. The molecule has 1 aromatic heterocycles. The standard InChI is InChI=1S/C16H14Cl2N4/c17-13-2-1-3-14(16(13)18)21-6-8-22(9-7-21)15-5-4-12(10-19)11-20-15/h1-5,11H,6-9H2. The number of pyridine rings is 1. The van der Waals surface area contributed by atoms with Crippen molar-refractivity contribution in [2.45, 2.75) is 0 Å². The summed E-state index contributed by atoms with van der Waals surface area (Å²) in [7, 11) is 0. The number of nitriles is 1. The maximum atomic E-state index is 8.81. The molecule has 0 amide bonds. The van der Waals surface area contributed by atoms with E-state index in [1.54, 1.807) is 18.3 Å². The van der Waals surface area contributed by atoms with Gasteiger partial charge in [0.2, 0.25) is 0 Å². The first kappa shape index (κ1) is 15.0. The first-order valence-corrected chi connectivity index (χ1v) is 7.74. The third-order valence-electron chi connectivity index (χ3n) is 3.75. The van der Waals surface area contributed by atoms with Crippen LogP contribution in [0.25, 0.3) is 0 Å². The normalized spacial score (nSPS) is 14.8. The highest BCUT2D eigenvalue weighted by Crippen LogP contribution is 2.33. The van der Waals surface area contributed by atoms with Crippen molar-refractivity contribution in [2.24, 2.45) is 0 Å². The van der Waals surface area contributed by atoms with E-state index in [1.807, 2.05) is 18.2 Å². The molecule has 4 nitrogen and oxygen atoms in total. The summed E-state index contributed by atoms with van der Waals surface area (Å²) in [6.07, 6.45) is 1.61. The van der Waals surface area contributed by atoms with Crippen LogP contribution >= 0.6 is 23.2 Å². The number of rotatable bonds is 2. The summed E-state index contributed by atoms with van der Waals surface area (Å²) >= 11 is 12.4. The molecule has 0 radical (unpaired) electrons. The van der Waals surface area contributed by atoms with Gasteiger partial charge in [-0.3, -0.25) is 0 Å². The van der Waals surface area contributed by atoms with Crippen LogP contribution in [0, 0.1) is 11.3 Å². The molecule has 112 valence electrons. The van der Waals surface area contributed by atoms with E-state index in [9.17, 15) is 0 Å². The van der Waals surface area contributed by atoms with Crippen LogP contribution in [-0.2, 0) is 0 Å². The SMILES string of the molecule is N#Cc1ccc(N2CCN(c3cccc(Cl)c3Cl)CC2)nc1. The molecule has 1 saturated heterocycles. The molecule has 2 aromatic rings. The van der Waals surface area contributed by atoms with Crippen LogP contribution in [0.15, 0.2) is 36.5 Å². The fraction of sp³-hybridized carbons (Fsp3) is 0.250. The predicted octanol–water partition coefficient (Wildman–Crippen LogP) is 3.59. The van der Waals surface area contributed by atoms with Crippen molar-refractivity contribution in [3.05, 3.63) is 52.1 Å². The van der Waals surface area contributed by atoms with Crippen molar-refractivity contribution in [2.75, 3.05) is 36.0 Å². The van der Waals surface area contributed by atoms with E-state index in [2.05, 4.69) is 20.9 Å². The van der Waals surface area contributed by atoms with Gasteiger partial charge in [0.15, 0.2) is 0 Å². The predicted molar refractivity (Wildman–Crippen MR) is 89.8 cm³/mol. The van der Waals surface area contributed by atoms with Gasteiger partial charge in [-0.25, -0.2) is 4.98 Å². The van der Waals surface area contributed by atoms with Crippen molar-refractivity contribution >= 4 is 34.7 Å². The summed E-state index contributed by atoms with van der Waals surface area (Å²) < 4.78 is 0. The summed E-state index contributed by atoms with van der Waals surface area (Å²) in [4.78, 5) is 8.78. The Morgan fingerprint density at radius 3 is 2.36 bits per heavy atom. The van der Waals surface area contributed by atoms with Gasteiger partial charge in [-0.2, -0.15) is 5.26 Å². The average molecular weight is 333 g/mol. The van der Waals surface area contributed by atoms with Crippen LogP contribution in [-0.4, -0.2) is 31.2 Å². The molecule has 6 heteroatoms. The van der Waals surface area contributed by atoms with E-state index in [-0.39, 0.29) is 0 Å². The van der Waals surface area contributed by atoms with Crippen molar-refractivity contribution in [3.63, 3.8) is 0 Å². The monoisotopic (exact) mass is 332 g/mol. The fourth-order valence-electron chi connectivity index (χ4n) is 2.55. The van der Waals surface area contributed by atoms with Crippen molar-refractivity contribution < 1.29 is 0 Å². The Bertz CT molecular complexity index is 701. The highest BCUT2D eigenvalue weighted by Gasteiger charge is 2.20. The Labute approximate surface area is 139 Å². The third-order valence-corrected chi connectivity index (χ3v) is 4.56. The molecule has 0 spiro atoms. The number of hydrogen-bond acceptors (Lipinski definition) is 4. The van der Waals surface area contributed by atoms with Crippen LogP contribution in [0.2, 0.25) is 10.0 Å². The lowest BCUT2D eigenvalue weighted by atomic mass is 10.2. The van der Waals surface area contributed by atoms with Crippen LogP contribution in [0.5, 0.6) is 0 Å². The lowest BCUT2D eigenvalue weighted by molar-refractivity contribution is 0.647. The summed E-state index contributed by atoms with van der Waals surface area (Å²) in [6.45, 7) is 3.40. The van der Waals surface area contributed by atoms with Crippen LogP contribution in [0.4, 0.5) is 11.5 Å². The highest BCUT2D eigenvalue weighted by molar-refractivity contribution is 6.43. The van der Waals surface area contributed by atoms with Crippen LogP contribution in [0.3, 0.4) is 0 Å². The van der Waals surface area contributed by atoms with E-state index in [0.29, 0.717) is 15.6 Å². The Hall–Kier alpha value is -1.96. The molecule has 1 aliphatic rings. The zero-order valence-electron chi connectivity index (χ0n) is 11.8. The minimum absolute atomic E-state index is 0.577. The molecule has 1 aromatic carbocycles. The molecule has 22 heavy (non-hydrogen) atoms. The third kappa shape index (κ3) is 2.96. The summed E-state index contributed by atoms with van der Waals surface area (Å²) in [5, 5.41) is 10.00. The number of anilines is 2. The lowest BCUT2D eigenvalue weighted by Gasteiger charge is -2.37. The number of hydrogen-bond donors (Lipinski definition) is 0. The summed E-state index contributed by atoms with van der Waals surface area (Å²) in [5.41, 5.74) is 1.55. The number of nitrogens with zero attached hydrogens (tertiary/aromatic N) is 4. The lowest BCUT2D eigenvalue weighted by Crippen LogP contribution is -2.46. The molecule has 0 unspecified atom stereocenters. The van der Waals surface area contributed by atoms with E-state index < -0.39 is 0 Å². The molecule has 0 bridgehead atoms. The van der Waals surface area contributed by atoms with E-state index >= 15 is 0 Å². The average Bonchev–Trinajstić information content (AvgIpc) is 2.58. The Balaban J connectivity index is 1.69. The molecule has 0 N–H and O–H groups in total. The topological polar surface area (TPSA) is 43.2 Å². The van der Waals surface area contributed by atoms with Gasteiger partial charge in [-0.05, 0) is 24.3 Å². The van der Waals surface area contributed by atoms with Crippen molar-refractivity contribution in [3.8, 4) is 6.07 Å². The maximum Gasteiger partial charge on any atom is 0.128 e. The smallest absolute Gasteiger partial charge is 0.128 e. The number of aromatic nitrogens is 1. The first-order chi connectivity index (χ1) is 10.7. The molecule has 0 aliphatic carbocycles. The molecule has 3 rings (SSSR count). The van der Waals surface area contributed by atoms with Crippen molar-refractivity contribution in [1.29, 1.82) is 5.26 Å². The Morgan fingerprint density at radius 2 is 1.73 bits per heavy atom. The molecule has 0 atom stereocenters. The quantitative estimate of drug-likeness (QED) is 0.842. The molecule has 1 fully saturated rings. The fourth-order valence-corrected chi connectivity index (χ4v) is 2.97. The Morgan fingerprint density at radius 1 is 1.00 bits per heavy atom. The van der Waals surface area contributed by atoms with Gasteiger partial charge in [0.05, 0.1) is 21.3 Å². The van der Waals surface area contributed by atoms with Gasteiger partial charge in [-0.1, -0.05) is 29.3 Å². The summed E-state index contributed by atoms with van der Waals surface area (Å²) in [5.74, 6) is 0.899. The molecule has 0 saturated carbocycles.